The molecule has 0 atom stereocenters. The van der Waals surface area contributed by atoms with E-state index in [-0.39, 0.29) is 0 Å². The van der Waals surface area contributed by atoms with Gasteiger partial charge in [-0.25, -0.2) is 0 Å². The van der Waals surface area contributed by atoms with Crippen LogP contribution in [0.5, 0.6) is 0 Å². The average Bonchev–Trinajstić information content (AvgIpc) is 2.94. The molecule has 0 amide bonds. The predicted molar refractivity (Wildman–Crippen MR) is 70.0 cm³/mol. The van der Waals surface area contributed by atoms with E-state index in [0.717, 1.165) is 5.56 Å². The molecule has 2 aromatic rings. The Morgan fingerprint density at radius 3 is 2.59 bits per heavy atom. The molecule has 1 fully saturated rings. The number of benzene rings is 1. The Bertz CT molecular complexity index is 487. The lowest BCUT2D eigenvalue weighted by atomic mass is 10.1. The highest BCUT2D eigenvalue weighted by Crippen LogP contribution is 2.25. The zero-order chi connectivity index (χ0) is 11.5. The van der Waals surface area contributed by atoms with Gasteiger partial charge in [-0.05, 0) is 54.3 Å². The van der Waals surface area contributed by atoms with E-state index in [1.807, 2.05) is 30.6 Å². The lowest BCUT2D eigenvalue weighted by Crippen LogP contribution is -2.17. The number of hydrogen-bond acceptors (Lipinski definition) is 2. The van der Waals surface area contributed by atoms with Crippen LogP contribution in [0.1, 0.15) is 12.8 Å². The normalized spacial score (nSPS) is 15.2. The van der Waals surface area contributed by atoms with Crippen molar-refractivity contribution in [2.24, 2.45) is 0 Å². The number of pyridine rings is 1. The van der Waals surface area contributed by atoms with E-state index in [1.54, 1.807) is 0 Å². The van der Waals surface area contributed by atoms with Crippen LogP contribution in [0.3, 0.4) is 0 Å². The standard InChI is InChI=1S/C15H15N2/c1-2-11-17(10-1)15-5-3-4-14(12-15)13-6-8-16-9-7-13/h3,5-9,12H,1-2,10-11H2. The highest BCUT2D eigenvalue weighted by Gasteiger charge is 2.12. The highest BCUT2D eigenvalue weighted by molar-refractivity contribution is 5.67. The molecule has 17 heavy (non-hydrogen) atoms. The molecule has 0 aliphatic carbocycles. The van der Waals surface area contributed by atoms with Crippen LogP contribution in [-0.4, -0.2) is 18.1 Å². The van der Waals surface area contributed by atoms with Gasteiger partial charge in [0.15, 0.2) is 0 Å². The van der Waals surface area contributed by atoms with Gasteiger partial charge < -0.3 is 4.90 Å². The zero-order valence-electron chi connectivity index (χ0n) is 9.76. The largest absolute Gasteiger partial charge is 0.372 e. The second-order valence-electron chi connectivity index (χ2n) is 4.39. The number of anilines is 1. The topological polar surface area (TPSA) is 16.1 Å². The lowest BCUT2D eigenvalue weighted by Gasteiger charge is -2.18. The zero-order valence-corrected chi connectivity index (χ0v) is 9.76. The second kappa shape index (κ2) is 4.58. The maximum absolute atomic E-state index is 4.05. The maximum Gasteiger partial charge on any atom is 0.0372 e. The van der Waals surface area contributed by atoms with Gasteiger partial charge in [-0.15, -0.1) is 0 Å². The first-order valence-corrected chi connectivity index (χ1v) is 6.10. The molecular formula is C15H15N2. The van der Waals surface area contributed by atoms with Crippen LogP contribution in [0.2, 0.25) is 0 Å². The Morgan fingerprint density at radius 2 is 1.82 bits per heavy atom. The predicted octanol–water partition coefficient (Wildman–Crippen LogP) is 3.15. The summed E-state index contributed by atoms with van der Waals surface area (Å²) in [5, 5.41) is 0. The summed E-state index contributed by atoms with van der Waals surface area (Å²) in [5.74, 6) is 0. The molecule has 2 heterocycles. The Balaban J connectivity index is 1.94. The van der Waals surface area contributed by atoms with Gasteiger partial charge in [0.1, 0.15) is 0 Å². The molecule has 0 spiro atoms. The van der Waals surface area contributed by atoms with Crippen molar-refractivity contribution < 1.29 is 0 Å². The summed E-state index contributed by atoms with van der Waals surface area (Å²) in [4.78, 5) is 6.49. The fourth-order valence-corrected chi connectivity index (χ4v) is 2.32. The smallest absolute Gasteiger partial charge is 0.0372 e. The lowest BCUT2D eigenvalue weighted by molar-refractivity contribution is 0.949. The van der Waals surface area contributed by atoms with E-state index < -0.39 is 0 Å². The molecule has 0 N–H and O–H groups in total. The fourth-order valence-electron chi connectivity index (χ4n) is 2.32. The van der Waals surface area contributed by atoms with Crippen molar-refractivity contribution in [2.75, 3.05) is 18.0 Å². The van der Waals surface area contributed by atoms with Gasteiger partial charge in [-0.3, -0.25) is 4.98 Å². The summed E-state index contributed by atoms with van der Waals surface area (Å²) in [6.07, 6.45) is 6.27. The quantitative estimate of drug-likeness (QED) is 0.777. The van der Waals surface area contributed by atoms with E-state index in [1.165, 1.54) is 37.2 Å². The molecule has 1 aliphatic heterocycles. The van der Waals surface area contributed by atoms with Gasteiger partial charge in [0.25, 0.3) is 0 Å². The van der Waals surface area contributed by atoms with Crippen molar-refractivity contribution >= 4 is 5.69 Å². The molecule has 3 rings (SSSR count). The molecule has 1 saturated heterocycles. The third-order valence-corrected chi connectivity index (χ3v) is 3.25. The van der Waals surface area contributed by atoms with Crippen molar-refractivity contribution in [2.45, 2.75) is 12.8 Å². The molecule has 0 bridgehead atoms. The first kappa shape index (κ1) is 10.3. The second-order valence-corrected chi connectivity index (χ2v) is 4.39. The van der Waals surface area contributed by atoms with E-state index in [2.05, 4.69) is 28.1 Å². The first-order chi connectivity index (χ1) is 8.43. The van der Waals surface area contributed by atoms with Gasteiger partial charge in [0.05, 0.1) is 0 Å². The number of rotatable bonds is 2. The third-order valence-electron chi connectivity index (χ3n) is 3.25. The number of nitrogens with zero attached hydrogens (tertiary/aromatic N) is 2. The van der Waals surface area contributed by atoms with Crippen LogP contribution in [0.15, 0.2) is 42.7 Å². The molecule has 85 valence electrons. The number of hydrogen-bond donors (Lipinski definition) is 0. The summed E-state index contributed by atoms with van der Waals surface area (Å²) in [7, 11) is 0. The molecular weight excluding hydrogens is 208 g/mol. The van der Waals surface area contributed by atoms with Crippen molar-refractivity contribution in [3.63, 3.8) is 0 Å². The fraction of sp³-hybridized carbons (Fsp3) is 0.267. The summed E-state index contributed by atoms with van der Waals surface area (Å²) in [6.45, 7) is 2.36. The highest BCUT2D eigenvalue weighted by atomic mass is 15.1. The van der Waals surface area contributed by atoms with Crippen molar-refractivity contribution in [3.05, 3.63) is 48.8 Å². The first-order valence-electron chi connectivity index (χ1n) is 6.10. The summed E-state index contributed by atoms with van der Waals surface area (Å²) < 4.78 is 0. The van der Waals surface area contributed by atoms with Crippen LogP contribution >= 0.6 is 0 Å². The monoisotopic (exact) mass is 223 g/mol. The summed E-state index contributed by atoms with van der Waals surface area (Å²) in [5.41, 5.74) is 3.64. The Morgan fingerprint density at radius 1 is 1.06 bits per heavy atom. The van der Waals surface area contributed by atoms with E-state index in [4.69, 9.17) is 0 Å². The molecule has 1 aliphatic rings. The Kier molecular flexibility index (Phi) is 2.78. The molecule has 2 heteroatoms. The SMILES string of the molecule is [c]1ccc(N2CCCC2)cc1-c1ccncc1. The average molecular weight is 223 g/mol. The molecule has 0 saturated carbocycles. The van der Waals surface area contributed by atoms with Gasteiger partial charge in [-0.2, -0.15) is 0 Å². The molecule has 1 radical (unpaired) electrons. The minimum absolute atomic E-state index is 1.15. The van der Waals surface area contributed by atoms with Crippen molar-refractivity contribution in [1.82, 2.24) is 4.98 Å². The number of aromatic nitrogens is 1. The molecule has 0 unspecified atom stereocenters. The third kappa shape index (κ3) is 2.16. The van der Waals surface area contributed by atoms with Crippen LogP contribution < -0.4 is 4.90 Å². The minimum atomic E-state index is 1.15. The van der Waals surface area contributed by atoms with Crippen LogP contribution in [-0.2, 0) is 0 Å². The molecule has 2 nitrogen and oxygen atoms in total. The minimum Gasteiger partial charge on any atom is -0.372 e. The molecule has 1 aromatic heterocycles. The van der Waals surface area contributed by atoms with Crippen LogP contribution in [0, 0.1) is 6.07 Å². The van der Waals surface area contributed by atoms with E-state index >= 15 is 0 Å². The van der Waals surface area contributed by atoms with Crippen LogP contribution in [0.25, 0.3) is 11.1 Å². The summed E-state index contributed by atoms with van der Waals surface area (Å²) in [6, 6.07) is 13.7. The Labute approximate surface area is 102 Å². The van der Waals surface area contributed by atoms with Crippen LogP contribution in [0.4, 0.5) is 5.69 Å². The van der Waals surface area contributed by atoms with Gasteiger partial charge in [-0.1, -0.05) is 6.07 Å². The maximum atomic E-state index is 4.05. The van der Waals surface area contributed by atoms with E-state index in [9.17, 15) is 0 Å². The van der Waals surface area contributed by atoms with E-state index in [0.29, 0.717) is 0 Å². The van der Waals surface area contributed by atoms with Crippen molar-refractivity contribution in [3.8, 4) is 11.1 Å². The van der Waals surface area contributed by atoms with Gasteiger partial charge in [0, 0.05) is 31.2 Å². The van der Waals surface area contributed by atoms with Crippen molar-refractivity contribution in [1.29, 1.82) is 0 Å². The summed E-state index contributed by atoms with van der Waals surface area (Å²) >= 11 is 0. The van der Waals surface area contributed by atoms with Gasteiger partial charge in [0.2, 0.25) is 0 Å². The molecule has 1 aromatic carbocycles. The Hall–Kier alpha value is -1.83. The van der Waals surface area contributed by atoms with Gasteiger partial charge >= 0.3 is 0 Å².